The van der Waals surface area contributed by atoms with Crippen molar-refractivity contribution in [2.24, 2.45) is 11.3 Å². The zero-order valence-corrected chi connectivity index (χ0v) is 15.3. The summed E-state index contributed by atoms with van der Waals surface area (Å²) in [4.78, 5) is 0.453. The molecule has 1 aliphatic carbocycles. The van der Waals surface area contributed by atoms with Gasteiger partial charge in [0.15, 0.2) is 0 Å². The first kappa shape index (κ1) is 15.4. The van der Waals surface area contributed by atoms with Gasteiger partial charge in [0, 0.05) is 15.8 Å². The minimum absolute atomic E-state index is 0.139. The van der Waals surface area contributed by atoms with Gasteiger partial charge in [0.05, 0.1) is 6.61 Å². The molecule has 0 amide bonds. The van der Waals surface area contributed by atoms with Crippen molar-refractivity contribution in [2.75, 3.05) is 6.61 Å². The van der Waals surface area contributed by atoms with Crippen molar-refractivity contribution in [3.63, 3.8) is 0 Å². The summed E-state index contributed by atoms with van der Waals surface area (Å²) in [5.41, 5.74) is 3.36. The fourth-order valence-electron chi connectivity index (χ4n) is 4.01. The highest BCUT2D eigenvalue weighted by atomic mass is 79.9. The molecule has 1 fully saturated rings. The first-order valence-corrected chi connectivity index (χ1v) is 9.14. The highest BCUT2D eigenvalue weighted by Gasteiger charge is 2.38. The molecule has 21 heavy (non-hydrogen) atoms. The van der Waals surface area contributed by atoms with E-state index in [1.165, 1.54) is 36.8 Å². The third-order valence-electron chi connectivity index (χ3n) is 5.58. The van der Waals surface area contributed by atoms with Crippen molar-refractivity contribution in [1.82, 2.24) is 0 Å². The molecule has 1 saturated carbocycles. The number of rotatable bonds is 2. The summed E-state index contributed by atoms with van der Waals surface area (Å²) in [7, 11) is 0. The molecule has 2 atom stereocenters. The van der Waals surface area contributed by atoms with Crippen LogP contribution in [0.1, 0.15) is 69.3 Å². The summed E-state index contributed by atoms with van der Waals surface area (Å²) in [5, 5.41) is 0. The second-order valence-corrected chi connectivity index (χ2v) is 9.16. The minimum atomic E-state index is 0.139. The molecule has 0 N–H and O–H groups in total. The van der Waals surface area contributed by atoms with Crippen LogP contribution in [0, 0.1) is 11.3 Å². The summed E-state index contributed by atoms with van der Waals surface area (Å²) in [5.74, 6) is 1.79. The van der Waals surface area contributed by atoms with Crippen molar-refractivity contribution >= 4 is 15.9 Å². The lowest BCUT2D eigenvalue weighted by Gasteiger charge is -2.41. The van der Waals surface area contributed by atoms with E-state index in [4.69, 9.17) is 4.74 Å². The van der Waals surface area contributed by atoms with Crippen molar-refractivity contribution in [3.05, 3.63) is 29.3 Å². The van der Waals surface area contributed by atoms with Crippen LogP contribution in [0.4, 0.5) is 0 Å². The molecule has 0 radical (unpaired) electrons. The molecule has 1 aliphatic heterocycles. The van der Waals surface area contributed by atoms with Gasteiger partial charge in [-0.3, -0.25) is 0 Å². The van der Waals surface area contributed by atoms with Gasteiger partial charge in [-0.15, -0.1) is 0 Å². The molecule has 2 aliphatic rings. The molecule has 116 valence electrons. The van der Waals surface area contributed by atoms with E-state index in [0.717, 1.165) is 18.3 Å². The SMILES string of the molecule is CC1(C)COc2ccc(C(Br)C3CCCCC3(C)C)cc21. The minimum Gasteiger partial charge on any atom is -0.492 e. The van der Waals surface area contributed by atoms with Gasteiger partial charge in [0.1, 0.15) is 5.75 Å². The van der Waals surface area contributed by atoms with Crippen molar-refractivity contribution in [2.45, 2.75) is 63.6 Å². The maximum absolute atomic E-state index is 5.82. The molecule has 2 heteroatoms. The fraction of sp³-hybridized carbons (Fsp3) is 0.684. The molecule has 1 aromatic rings. The number of ether oxygens (including phenoxy) is 1. The highest BCUT2D eigenvalue weighted by molar-refractivity contribution is 9.09. The van der Waals surface area contributed by atoms with Gasteiger partial charge in [0.25, 0.3) is 0 Å². The van der Waals surface area contributed by atoms with Crippen LogP contribution in [0.3, 0.4) is 0 Å². The number of alkyl halides is 1. The van der Waals surface area contributed by atoms with Crippen LogP contribution in [0.15, 0.2) is 18.2 Å². The Labute approximate surface area is 137 Å². The first-order chi connectivity index (χ1) is 9.81. The molecule has 0 saturated heterocycles. The summed E-state index contributed by atoms with van der Waals surface area (Å²) in [6.07, 6.45) is 5.43. The predicted octanol–water partition coefficient (Wildman–Crippen LogP) is 6.01. The summed E-state index contributed by atoms with van der Waals surface area (Å²) in [6.45, 7) is 10.2. The largest absolute Gasteiger partial charge is 0.492 e. The number of hydrogen-bond donors (Lipinski definition) is 0. The van der Waals surface area contributed by atoms with Gasteiger partial charge in [0.2, 0.25) is 0 Å². The molecular weight excluding hydrogens is 324 g/mol. The van der Waals surface area contributed by atoms with Crippen LogP contribution in [0.25, 0.3) is 0 Å². The van der Waals surface area contributed by atoms with Crippen LogP contribution in [-0.2, 0) is 5.41 Å². The molecule has 1 aromatic carbocycles. The number of hydrogen-bond acceptors (Lipinski definition) is 1. The van der Waals surface area contributed by atoms with E-state index in [1.54, 1.807) is 0 Å². The monoisotopic (exact) mass is 350 g/mol. The lowest BCUT2D eigenvalue weighted by atomic mass is 9.66. The van der Waals surface area contributed by atoms with Gasteiger partial charge in [-0.05, 0) is 35.8 Å². The second kappa shape index (κ2) is 5.30. The van der Waals surface area contributed by atoms with Gasteiger partial charge in [-0.2, -0.15) is 0 Å². The second-order valence-electron chi connectivity index (χ2n) is 8.17. The van der Waals surface area contributed by atoms with Gasteiger partial charge >= 0.3 is 0 Å². The van der Waals surface area contributed by atoms with E-state index >= 15 is 0 Å². The summed E-state index contributed by atoms with van der Waals surface area (Å²) in [6, 6.07) is 6.81. The fourth-order valence-corrected chi connectivity index (χ4v) is 5.27. The summed E-state index contributed by atoms with van der Waals surface area (Å²) < 4.78 is 5.82. The van der Waals surface area contributed by atoms with Gasteiger partial charge in [-0.25, -0.2) is 0 Å². The molecule has 0 bridgehead atoms. The average Bonchev–Trinajstić information content (AvgIpc) is 2.73. The Morgan fingerprint density at radius 1 is 1.19 bits per heavy atom. The van der Waals surface area contributed by atoms with Crippen LogP contribution in [0.5, 0.6) is 5.75 Å². The van der Waals surface area contributed by atoms with Crippen LogP contribution in [0.2, 0.25) is 0 Å². The van der Waals surface area contributed by atoms with E-state index in [2.05, 4.69) is 61.8 Å². The quantitative estimate of drug-likeness (QED) is 0.593. The molecule has 0 spiro atoms. The molecule has 1 heterocycles. The van der Waals surface area contributed by atoms with Gasteiger partial charge in [-0.1, -0.05) is 68.6 Å². The zero-order valence-electron chi connectivity index (χ0n) is 13.7. The zero-order chi connectivity index (χ0) is 15.3. The molecule has 1 nitrogen and oxygen atoms in total. The first-order valence-electron chi connectivity index (χ1n) is 8.23. The Kier molecular flexibility index (Phi) is 3.88. The van der Waals surface area contributed by atoms with E-state index in [9.17, 15) is 0 Å². The molecule has 2 unspecified atom stereocenters. The van der Waals surface area contributed by atoms with Crippen molar-refractivity contribution in [3.8, 4) is 5.75 Å². The maximum atomic E-state index is 5.82. The Balaban J connectivity index is 1.90. The normalized spacial score (nSPS) is 27.8. The molecule has 3 rings (SSSR count). The van der Waals surface area contributed by atoms with Crippen LogP contribution >= 0.6 is 15.9 Å². The van der Waals surface area contributed by atoms with Gasteiger partial charge < -0.3 is 4.74 Å². The standard InChI is InChI=1S/C19H27BrO/c1-18(2)10-6-5-7-14(18)17(20)13-8-9-16-15(11-13)19(3,4)12-21-16/h8-9,11,14,17H,5-7,10,12H2,1-4H3. The Morgan fingerprint density at radius 2 is 1.95 bits per heavy atom. The van der Waals surface area contributed by atoms with E-state index < -0.39 is 0 Å². The third-order valence-corrected chi connectivity index (χ3v) is 6.75. The number of benzene rings is 1. The topological polar surface area (TPSA) is 9.23 Å². The smallest absolute Gasteiger partial charge is 0.123 e. The van der Waals surface area contributed by atoms with E-state index in [-0.39, 0.29) is 5.41 Å². The Bertz CT molecular complexity index is 532. The average molecular weight is 351 g/mol. The van der Waals surface area contributed by atoms with Crippen LogP contribution < -0.4 is 4.74 Å². The third kappa shape index (κ3) is 2.76. The molecule has 0 aromatic heterocycles. The van der Waals surface area contributed by atoms with E-state index in [1.807, 2.05) is 0 Å². The predicted molar refractivity (Wildman–Crippen MR) is 92.4 cm³/mol. The van der Waals surface area contributed by atoms with Crippen molar-refractivity contribution in [1.29, 1.82) is 0 Å². The highest BCUT2D eigenvalue weighted by Crippen LogP contribution is 2.51. The van der Waals surface area contributed by atoms with Crippen molar-refractivity contribution < 1.29 is 4.74 Å². The number of halogens is 1. The Morgan fingerprint density at radius 3 is 2.67 bits per heavy atom. The van der Waals surface area contributed by atoms with Crippen LogP contribution in [-0.4, -0.2) is 6.61 Å². The lowest BCUT2D eigenvalue weighted by Crippen LogP contribution is -2.30. The Hall–Kier alpha value is -0.500. The molecular formula is C19H27BrO. The maximum Gasteiger partial charge on any atom is 0.123 e. The summed E-state index contributed by atoms with van der Waals surface area (Å²) >= 11 is 4.03. The number of fused-ring (bicyclic) bond motifs is 1. The lowest BCUT2D eigenvalue weighted by molar-refractivity contribution is 0.136. The van der Waals surface area contributed by atoms with E-state index in [0.29, 0.717) is 10.2 Å².